The summed E-state index contributed by atoms with van der Waals surface area (Å²) in [6.45, 7) is 1.94. The van der Waals surface area contributed by atoms with E-state index in [-0.39, 0.29) is 11.6 Å². The van der Waals surface area contributed by atoms with Gasteiger partial charge in [-0.25, -0.2) is 5.84 Å². The first-order valence-corrected chi connectivity index (χ1v) is 5.33. The summed E-state index contributed by atoms with van der Waals surface area (Å²) < 4.78 is 0.856. The van der Waals surface area contributed by atoms with Gasteiger partial charge in [-0.3, -0.25) is 9.80 Å². The molecular weight excluding hydrogens is 272 g/mol. The monoisotopic (exact) mass is 284 g/mol. The molecule has 0 bridgehead atoms. The van der Waals surface area contributed by atoms with E-state index in [9.17, 15) is 4.79 Å². The summed E-state index contributed by atoms with van der Waals surface area (Å²) in [5, 5.41) is 4.46. The Bertz CT molecular complexity index is 442. The third-order valence-electron chi connectivity index (χ3n) is 2.09. The smallest absolute Gasteiger partial charge is 0.231 e. The van der Waals surface area contributed by atoms with Gasteiger partial charge in [-0.15, -0.1) is 0 Å². The quantitative estimate of drug-likeness (QED) is 0.279. The molecule has 0 aliphatic rings. The van der Waals surface area contributed by atoms with Crippen molar-refractivity contribution in [3.05, 3.63) is 33.8 Å². The number of halogens is 1. The Hall–Kier alpha value is -1.40. The fraction of sp³-hybridized carbons (Fsp3) is 0.200. The number of benzene rings is 1. The number of nitrogens with zero attached hydrogens (tertiary/aromatic N) is 2. The third kappa shape index (κ3) is 2.59. The molecule has 4 N–H and O–H groups in total. The molecule has 0 heterocycles. The van der Waals surface area contributed by atoms with Crippen LogP contribution in [0.5, 0.6) is 0 Å². The first-order chi connectivity index (χ1) is 7.47. The number of nitrogens with two attached hydrogens (primary N) is 2. The van der Waals surface area contributed by atoms with Gasteiger partial charge in [0.05, 0.1) is 0 Å². The Kier molecular flexibility index (Phi) is 4.03. The average molecular weight is 285 g/mol. The van der Waals surface area contributed by atoms with Crippen molar-refractivity contribution in [2.75, 3.05) is 7.05 Å². The van der Waals surface area contributed by atoms with E-state index in [0.29, 0.717) is 5.56 Å². The zero-order valence-corrected chi connectivity index (χ0v) is 10.7. The maximum atomic E-state index is 11.9. The molecule has 0 saturated carbocycles. The number of aryl methyl sites for hydroxylation is 1. The number of carbonyl (C=O) groups excluding carboxylic acids is 1. The van der Waals surface area contributed by atoms with Crippen molar-refractivity contribution in [1.82, 2.24) is 5.01 Å². The van der Waals surface area contributed by atoms with Crippen LogP contribution in [-0.2, 0) is 0 Å². The highest BCUT2D eigenvalue weighted by molar-refractivity contribution is 9.10. The predicted molar refractivity (Wildman–Crippen MR) is 66.8 cm³/mol. The van der Waals surface area contributed by atoms with Crippen LogP contribution in [-0.4, -0.2) is 23.7 Å². The molecule has 0 fully saturated rings. The van der Waals surface area contributed by atoms with E-state index < -0.39 is 0 Å². The van der Waals surface area contributed by atoms with Gasteiger partial charge in [-0.1, -0.05) is 28.1 Å². The fourth-order valence-electron chi connectivity index (χ4n) is 1.17. The first kappa shape index (κ1) is 12.7. The van der Waals surface area contributed by atoms with Gasteiger partial charge in [0.15, 0.2) is 0 Å². The minimum Gasteiger partial charge on any atom is -0.321 e. The predicted octanol–water partition coefficient (Wildman–Crippen LogP) is 1.02. The molecule has 1 aromatic rings. The number of ketones is 1. The molecule has 16 heavy (non-hydrogen) atoms. The van der Waals surface area contributed by atoms with Gasteiger partial charge in [0.1, 0.15) is 0 Å². The number of rotatable bonds is 2. The van der Waals surface area contributed by atoms with Gasteiger partial charge >= 0.3 is 0 Å². The molecule has 1 aromatic carbocycles. The van der Waals surface area contributed by atoms with E-state index in [1.54, 1.807) is 12.1 Å². The largest absolute Gasteiger partial charge is 0.321 e. The number of hydrazine groups is 1. The molecule has 0 atom stereocenters. The summed E-state index contributed by atoms with van der Waals surface area (Å²) in [7, 11) is 1.51. The Morgan fingerprint density at radius 1 is 1.50 bits per heavy atom. The SMILES string of the molecule is Cc1ccc(C(=O)/C(=N/N)N(C)N)cc1Br. The summed E-state index contributed by atoms with van der Waals surface area (Å²) in [5.41, 5.74) is 1.53. The van der Waals surface area contributed by atoms with Crippen molar-refractivity contribution in [3.8, 4) is 0 Å². The number of hydrogen-bond donors (Lipinski definition) is 2. The first-order valence-electron chi connectivity index (χ1n) is 4.54. The van der Waals surface area contributed by atoms with Crippen LogP contribution in [0.1, 0.15) is 15.9 Å². The highest BCUT2D eigenvalue weighted by Gasteiger charge is 2.17. The lowest BCUT2D eigenvalue weighted by atomic mass is 10.1. The van der Waals surface area contributed by atoms with Gasteiger partial charge in [-0.05, 0) is 18.6 Å². The van der Waals surface area contributed by atoms with Crippen LogP contribution < -0.4 is 11.7 Å². The van der Waals surface area contributed by atoms with Crippen molar-refractivity contribution >= 4 is 27.5 Å². The molecular formula is C10H13BrN4O. The summed E-state index contributed by atoms with van der Waals surface area (Å²) in [4.78, 5) is 11.9. The number of Topliss-reactive ketones (excluding diaryl/α,β-unsaturated/α-hetero) is 1. The lowest BCUT2D eigenvalue weighted by Crippen LogP contribution is -2.39. The fourth-order valence-corrected chi connectivity index (χ4v) is 1.55. The summed E-state index contributed by atoms with van der Waals surface area (Å²) in [6.07, 6.45) is 0. The van der Waals surface area contributed by atoms with E-state index in [2.05, 4.69) is 21.0 Å². The van der Waals surface area contributed by atoms with Crippen molar-refractivity contribution < 1.29 is 4.79 Å². The molecule has 0 aliphatic heterocycles. The molecule has 6 heteroatoms. The normalized spacial score (nSPS) is 11.4. The highest BCUT2D eigenvalue weighted by Crippen LogP contribution is 2.18. The summed E-state index contributed by atoms with van der Waals surface area (Å²) >= 11 is 3.35. The Balaban J connectivity index is 3.10. The number of hydrogen-bond acceptors (Lipinski definition) is 4. The van der Waals surface area contributed by atoms with Crippen LogP contribution in [0, 0.1) is 6.92 Å². The maximum Gasteiger partial charge on any atom is 0.231 e. The van der Waals surface area contributed by atoms with Crippen molar-refractivity contribution in [2.24, 2.45) is 16.8 Å². The highest BCUT2D eigenvalue weighted by atomic mass is 79.9. The maximum absolute atomic E-state index is 11.9. The number of carbonyl (C=O) groups is 1. The molecule has 5 nitrogen and oxygen atoms in total. The standard InChI is InChI=1S/C10H13BrN4O/c1-6-3-4-7(5-8(6)11)9(16)10(14-12)15(2)13/h3-5H,12-13H2,1-2H3/b14-10-. The van der Waals surface area contributed by atoms with Crippen LogP contribution >= 0.6 is 15.9 Å². The molecule has 0 unspecified atom stereocenters. The second-order valence-corrected chi connectivity index (χ2v) is 4.21. The van der Waals surface area contributed by atoms with Crippen molar-refractivity contribution in [3.63, 3.8) is 0 Å². The summed E-state index contributed by atoms with van der Waals surface area (Å²) in [5.74, 6) is 10.3. The lowest BCUT2D eigenvalue weighted by molar-refractivity contribution is 0.105. The average Bonchev–Trinajstić information content (AvgIpc) is 2.22. The van der Waals surface area contributed by atoms with E-state index in [1.165, 1.54) is 7.05 Å². The van der Waals surface area contributed by atoms with Crippen LogP contribution in [0.3, 0.4) is 0 Å². The number of likely N-dealkylation sites (N-methyl/N-ethyl adjacent to an activating group) is 1. The van der Waals surface area contributed by atoms with Crippen molar-refractivity contribution in [1.29, 1.82) is 0 Å². The molecule has 86 valence electrons. The summed E-state index contributed by atoms with van der Waals surface area (Å²) in [6, 6.07) is 5.26. The van der Waals surface area contributed by atoms with E-state index >= 15 is 0 Å². The van der Waals surface area contributed by atoms with E-state index in [4.69, 9.17) is 11.7 Å². The lowest BCUT2D eigenvalue weighted by Gasteiger charge is -2.13. The Morgan fingerprint density at radius 3 is 2.56 bits per heavy atom. The molecule has 0 saturated heterocycles. The molecule has 0 aromatic heterocycles. The van der Waals surface area contributed by atoms with Gasteiger partial charge in [0.2, 0.25) is 11.6 Å². The zero-order chi connectivity index (χ0) is 12.3. The van der Waals surface area contributed by atoms with Crippen LogP contribution in [0.2, 0.25) is 0 Å². The van der Waals surface area contributed by atoms with Crippen LogP contribution in [0.4, 0.5) is 0 Å². The zero-order valence-electron chi connectivity index (χ0n) is 9.07. The van der Waals surface area contributed by atoms with Gasteiger partial charge in [0.25, 0.3) is 0 Å². The molecule has 0 amide bonds. The second kappa shape index (κ2) is 5.09. The van der Waals surface area contributed by atoms with E-state index in [0.717, 1.165) is 15.0 Å². The number of amidine groups is 1. The second-order valence-electron chi connectivity index (χ2n) is 3.36. The number of hydrazone groups is 1. The topological polar surface area (TPSA) is 84.7 Å². The molecule has 0 aliphatic carbocycles. The minimum absolute atomic E-state index is 0.00996. The van der Waals surface area contributed by atoms with Crippen LogP contribution in [0.15, 0.2) is 27.8 Å². The van der Waals surface area contributed by atoms with E-state index in [1.807, 2.05) is 13.0 Å². The molecule has 0 radical (unpaired) electrons. The van der Waals surface area contributed by atoms with Crippen LogP contribution in [0.25, 0.3) is 0 Å². The molecule has 1 rings (SSSR count). The minimum atomic E-state index is -0.312. The van der Waals surface area contributed by atoms with Gasteiger partial charge in [0, 0.05) is 17.1 Å². The third-order valence-corrected chi connectivity index (χ3v) is 2.95. The van der Waals surface area contributed by atoms with Crippen molar-refractivity contribution in [2.45, 2.75) is 6.92 Å². The Labute approximate surface area is 102 Å². The Morgan fingerprint density at radius 2 is 2.12 bits per heavy atom. The van der Waals surface area contributed by atoms with Gasteiger partial charge < -0.3 is 5.84 Å². The van der Waals surface area contributed by atoms with Gasteiger partial charge in [-0.2, -0.15) is 5.10 Å². The molecule has 0 spiro atoms.